The number of nitrogens with zero attached hydrogens (tertiary/aromatic N) is 3. The number of hydrogen-bond acceptors (Lipinski definition) is 5. The normalized spacial score (nSPS) is 12.1. The number of aryl methyl sites for hydroxylation is 1. The summed E-state index contributed by atoms with van der Waals surface area (Å²) in [6, 6.07) is 4.21. The Hall–Kier alpha value is -2.01. The maximum Gasteiger partial charge on any atom is 0.236 e. The molecule has 106 valence electrons. The van der Waals surface area contributed by atoms with Gasteiger partial charge >= 0.3 is 0 Å². The zero-order valence-electron chi connectivity index (χ0n) is 11.9. The van der Waals surface area contributed by atoms with E-state index in [9.17, 15) is 0 Å². The second-order valence-corrected chi connectivity index (χ2v) is 4.46. The van der Waals surface area contributed by atoms with Crippen LogP contribution in [-0.4, -0.2) is 28.6 Å². The van der Waals surface area contributed by atoms with Gasteiger partial charge in [0.05, 0.1) is 13.2 Å². The lowest BCUT2D eigenvalue weighted by Crippen LogP contribution is -2.23. The Balaban J connectivity index is 2.10. The van der Waals surface area contributed by atoms with Gasteiger partial charge in [-0.25, -0.2) is 4.98 Å². The molecule has 0 radical (unpaired) electrons. The lowest BCUT2D eigenvalue weighted by atomic mass is 10.0. The molecule has 0 saturated carbocycles. The van der Waals surface area contributed by atoms with Crippen LogP contribution in [-0.2, 0) is 6.42 Å². The van der Waals surface area contributed by atoms with Gasteiger partial charge in [-0.15, -0.1) is 0 Å². The minimum atomic E-state index is 0.136. The maximum atomic E-state index is 5.30. The molecule has 2 aromatic heterocycles. The van der Waals surface area contributed by atoms with Crippen molar-refractivity contribution in [3.63, 3.8) is 0 Å². The number of ether oxygens (including phenoxy) is 1. The van der Waals surface area contributed by atoms with Gasteiger partial charge in [-0.2, -0.15) is 0 Å². The Labute approximate surface area is 119 Å². The quantitative estimate of drug-likeness (QED) is 0.837. The van der Waals surface area contributed by atoms with Crippen LogP contribution in [0.2, 0.25) is 0 Å². The van der Waals surface area contributed by atoms with Crippen molar-refractivity contribution in [2.45, 2.75) is 25.8 Å². The third kappa shape index (κ3) is 3.74. The van der Waals surface area contributed by atoms with E-state index in [-0.39, 0.29) is 6.04 Å². The summed E-state index contributed by atoms with van der Waals surface area (Å²) < 4.78 is 5.30. The molecule has 0 aromatic carbocycles. The van der Waals surface area contributed by atoms with Crippen molar-refractivity contribution in [2.75, 3.05) is 13.7 Å². The van der Waals surface area contributed by atoms with Gasteiger partial charge in [-0.3, -0.25) is 9.97 Å². The lowest BCUT2D eigenvalue weighted by molar-refractivity contribution is 0.374. The van der Waals surface area contributed by atoms with Crippen LogP contribution in [0.4, 0.5) is 0 Å². The summed E-state index contributed by atoms with van der Waals surface area (Å²) in [6.45, 7) is 2.96. The molecule has 1 unspecified atom stereocenters. The fourth-order valence-corrected chi connectivity index (χ4v) is 2.17. The molecule has 0 bridgehead atoms. The fourth-order valence-electron chi connectivity index (χ4n) is 2.17. The van der Waals surface area contributed by atoms with Crippen LogP contribution in [0.1, 0.15) is 30.6 Å². The molecule has 20 heavy (non-hydrogen) atoms. The predicted molar refractivity (Wildman–Crippen MR) is 77.6 cm³/mol. The van der Waals surface area contributed by atoms with Crippen molar-refractivity contribution in [3.05, 3.63) is 48.2 Å². The SMILES string of the molecule is CCNC(CCc1ccncc1)c1nccnc1OC. The van der Waals surface area contributed by atoms with E-state index in [1.807, 2.05) is 24.5 Å². The van der Waals surface area contributed by atoms with Crippen LogP contribution < -0.4 is 10.1 Å². The summed E-state index contributed by atoms with van der Waals surface area (Å²) in [7, 11) is 1.62. The summed E-state index contributed by atoms with van der Waals surface area (Å²) in [5.74, 6) is 0.591. The van der Waals surface area contributed by atoms with Crippen LogP contribution >= 0.6 is 0 Å². The molecule has 0 amide bonds. The number of hydrogen-bond donors (Lipinski definition) is 1. The summed E-state index contributed by atoms with van der Waals surface area (Å²) in [5.41, 5.74) is 2.14. The summed E-state index contributed by atoms with van der Waals surface area (Å²) in [5, 5.41) is 3.45. The zero-order chi connectivity index (χ0) is 14.2. The van der Waals surface area contributed by atoms with Crippen LogP contribution in [0.25, 0.3) is 0 Å². The van der Waals surface area contributed by atoms with Crippen molar-refractivity contribution >= 4 is 0 Å². The lowest BCUT2D eigenvalue weighted by Gasteiger charge is -2.18. The highest BCUT2D eigenvalue weighted by atomic mass is 16.5. The minimum absolute atomic E-state index is 0.136. The van der Waals surface area contributed by atoms with Gasteiger partial charge in [-0.1, -0.05) is 6.92 Å². The standard InChI is InChI=1S/C15H20N4O/c1-3-17-13(5-4-12-6-8-16-9-7-12)14-15(20-2)19-11-10-18-14/h6-11,13,17H,3-5H2,1-2H3. The van der Waals surface area contributed by atoms with Crippen LogP contribution in [0.5, 0.6) is 5.88 Å². The predicted octanol–water partition coefficient (Wildman–Crippen LogP) is 2.16. The molecule has 0 saturated heterocycles. The highest BCUT2D eigenvalue weighted by molar-refractivity contribution is 5.22. The van der Waals surface area contributed by atoms with E-state index in [2.05, 4.69) is 27.2 Å². The van der Waals surface area contributed by atoms with Gasteiger partial charge in [0.25, 0.3) is 0 Å². The van der Waals surface area contributed by atoms with E-state index < -0.39 is 0 Å². The first-order chi connectivity index (χ1) is 9.85. The first-order valence-electron chi connectivity index (χ1n) is 6.82. The Morgan fingerprint density at radius 3 is 2.60 bits per heavy atom. The number of nitrogens with one attached hydrogen (secondary N) is 1. The molecule has 0 aliphatic carbocycles. The molecule has 1 N–H and O–H groups in total. The average molecular weight is 272 g/mol. The van der Waals surface area contributed by atoms with Gasteiger partial charge in [-0.05, 0) is 37.1 Å². The van der Waals surface area contributed by atoms with Gasteiger partial charge < -0.3 is 10.1 Å². The van der Waals surface area contributed by atoms with Crippen molar-refractivity contribution in [1.29, 1.82) is 0 Å². The van der Waals surface area contributed by atoms with Crippen LogP contribution in [0, 0.1) is 0 Å². The number of pyridine rings is 1. The van der Waals surface area contributed by atoms with E-state index in [4.69, 9.17) is 4.74 Å². The molecule has 2 rings (SSSR count). The first-order valence-corrected chi connectivity index (χ1v) is 6.82. The number of rotatable bonds is 7. The molecule has 0 fully saturated rings. The van der Waals surface area contributed by atoms with Gasteiger partial charge in [0, 0.05) is 24.8 Å². The van der Waals surface area contributed by atoms with E-state index in [0.717, 1.165) is 25.1 Å². The number of methoxy groups -OCH3 is 1. The first kappa shape index (κ1) is 14.4. The maximum absolute atomic E-state index is 5.30. The molecular formula is C15H20N4O. The fraction of sp³-hybridized carbons (Fsp3) is 0.400. The van der Waals surface area contributed by atoms with Gasteiger partial charge in [0.1, 0.15) is 5.69 Å². The summed E-state index contributed by atoms with van der Waals surface area (Å²) in [4.78, 5) is 12.7. The topological polar surface area (TPSA) is 59.9 Å². The molecule has 2 aromatic rings. The Morgan fingerprint density at radius 2 is 1.90 bits per heavy atom. The molecule has 5 nitrogen and oxygen atoms in total. The van der Waals surface area contributed by atoms with Gasteiger partial charge in [0.15, 0.2) is 0 Å². The van der Waals surface area contributed by atoms with Crippen molar-refractivity contribution in [1.82, 2.24) is 20.3 Å². The molecule has 1 atom stereocenters. The molecular weight excluding hydrogens is 252 g/mol. The molecule has 2 heterocycles. The summed E-state index contributed by atoms with van der Waals surface area (Å²) >= 11 is 0. The van der Waals surface area contributed by atoms with Crippen LogP contribution in [0.15, 0.2) is 36.9 Å². The Morgan fingerprint density at radius 1 is 1.15 bits per heavy atom. The average Bonchev–Trinajstić information content (AvgIpc) is 2.52. The third-order valence-electron chi connectivity index (χ3n) is 3.14. The molecule has 5 heteroatoms. The van der Waals surface area contributed by atoms with Crippen molar-refractivity contribution < 1.29 is 4.74 Å². The second-order valence-electron chi connectivity index (χ2n) is 4.46. The molecule has 0 aliphatic heterocycles. The Kier molecular flexibility index (Phi) is 5.43. The zero-order valence-corrected chi connectivity index (χ0v) is 11.9. The van der Waals surface area contributed by atoms with Gasteiger partial charge in [0.2, 0.25) is 5.88 Å². The van der Waals surface area contributed by atoms with E-state index in [0.29, 0.717) is 5.88 Å². The monoisotopic (exact) mass is 272 g/mol. The second kappa shape index (κ2) is 7.55. The van der Waals surface area contributed by atoms with Crippen molar-refractivity contribution in [3.8, 4) is 5.88 Å². The molecule has 0 spiro atoms. The van der Waals surface area contributed by atoms with E-state index in [1.54, 1.807) is 19.5 Å². The smallest absolute Gasteiger partial charge is 0.236 e. The molecule has 0 aliphatic rings. The Bertz CT molecular complexity index is 518. The van der Waals surface area contributed by atoms with Crippen LogP contribution in [0.3, 0.4) is 0 Å². The van der Waals surface area contributed by atoms with E-state index in [1.165, 1.54) is 5.56 Å². The highest BCUT2D eigenvalue weighted by Gasteiger charge is 2.17. The third-order valence-corrected chi connectivity index (χ3v) is 3.14. The largest absolute Gasteiger partial charge is 0.480 e. The number of aromatic nitrogens is 3. The minimum Gasteiger partial charge on any atom is -0.480 e. The van der Waals surface area contributed by atoms with E-state index >= 15 is 0 Å². The van der Waals surface area contributed by atoms with Crippen molar-refractivity contribution in [2.24, 2.45) is 0 Å². The summed E-state index contributed by atoms with van der Waals surface area (Å²) in [6.07, 6.45) is 8.89. The highest BCUT2D eigenvalue weighted by Crippen LogP contribution is 2.23.